The summed E-state index contributed by atoms with van der Waals surface area (Å²) in [6.45, 7) is -2.72. The first-order chi connectivity index (χ1) is 10.1. The number of methoxy groups -OCH3 is 1. The fraction of sp³-hybridized carbons (Fsp3) is 0.231. The Morgan fingerprint density at radius 2 is 2.05 bits per heavy atom. The summed E-state index contributed by atoms with van der Waals surface area (Å²) in [6, 6.07) is 7.77. The summed E-state index contributed by atoms with van der Waals surface area (Å²) in [7, 11) is 1.51. The van der Waals surface area contributed by atoms with Gasteiger partial charge in [-0.3, -0.25) is 0 Å². The van der Waals surface area contributed by atoms with Crippen molar-refractivity contribution in [1.29, 1.82) is 0 Å². The number of aromatic nitrogens is 2. The first-order valence-corrected chi connectivity index (χ1v) is 6.01. The van der Waals surface area contributed by atoms with Gasteiger partial charge in [0.05, 0.1) is 5.69 Å². The Balaban J connectivity index is 2.25. The molecule has 1 aromatic heterocycles. The van der Waals surface area contributed by atoms with Gasteiger partial charge < -0.3 is 20.5 Å². The number of nitrogen functional groups attached to an aromatic ring is 1. The van der Waals surface area contributed by atoms with Crippen LogP contribution in [0.1, 0.15) is 5.82 Å². The van der Waals surface area contributed by atoms with Gasteiger partial charge in [0, 0.05) is 13.2 Å². The van der Waals surface area contributed by atoms with Crippen molar-refractivity contribution in [3.05, 3.63) is 36.2 Å². The minimum absolute atomic E-state index is 0.0120. The van der Waals surface area contributed by atoms with E-state index in [2.05, 4.69) is 20.0 Å². The lowest BCUT2D eigenvalue weighted by Gasteiger charge is -2.12. The lowest BCUT2D eigenvalue weighted by atomic mass is 10.3. The van der Waals surface area contributed by atoms with Crippen LogP contribution in [0.15, 0.2) is 30.3 Å². The fourth-order valence-corrected chi connectivity index (χ4v) is 1.68. The molecule has 1 heterocycles. The summed E-state index contributed by atoms with van der Waals surface area (Å²) in [5, 5.41) is 2.87. The zero-order chi connectivity index (χ0) is 15.2. The maximum atomic E-state index is 12.4. The van der Waals surface area contributed by atoms with Crippen LogP contribution in [0, 0.1) is 0 Å². The molecule has 6 nitrogen and oxygen atoms in total. The van der Waals surface area contributed by atoms with E-state index in [4.69, 9.17) is 10.5 Å². The van der Waals surface area contributed by atoms with Crippen LogP contribution < -0.4 is 15.8 Å². The molecule has 1 aromatic carbocycles. The van der Waals surface area contributed by atoms with Crippen LogP contribution >= 0.6 is 0 Å². The first-order valence-electron chi connectivity index (χ1n) is 6.01. The van der Waals surface area contributed by atoms with Crippen molar-refractivity contribution in [2.75, 3.05) is 18.2 Å². The van der Waals surface area contributed by atoms with Crippen LogP contribution in [0.25, 0.3) is 0 Å². The second kappa shape index (κ2) is 6.80. The van der Waals surface area contributed by atoms with Gasteiger partial charge in [-0.1, -0.05) is 12.1 Å². The monoisotopic (exact) mass is 296 g/mol. The molecule has 112 valence electrons. The zero-order valence-electron chi connectivity index (χ0n) is 11.2. The Bertz CT molecular complexity index is 610. The summed E-state index contributed by atoms with van der Waals surface area (Å²) >= 11 is 0. The summed E-state index contributed by atoms with van der Waals surface area (Å²) in [6.07, 6.45) is 0. The maximum absolute atomic E-state index is 12.4. The first kappa shape index (κ1) is 14.9. The van der Waals surface area contributed by atoms with Crippen LogP contribution in [0.3, 0.4) is 0 Å². The molecule has 2 aromatic rings. The Kier molecular flexibility index (Phi) is 4.83. The Hall–Kier alpha value is -2.48. The van der Waals surface area contributed by atoms with E-state index < -0.39 is 6.61 Å². The van der Waals surface area contributed by atoms with Crippen molar-refractivity contribution in [2.24, 2.45) is 0 Å². The van der Waals surface area contributed by atoms with Gasteiger partial charge in [0.15, 0.2) is 5.82 Å². The molecule has 0 atom stereocenters. The molecule has 0 amide bonds. The van der Waals surface area contributed by atoms with Crippen LogP contribution in [-0.2, 0) is 11.3 Å². The highest BCUT2D eigenvalue weighted by Gasteiger charge is 2.10. The topological polar surface area (TPSA) is 82.3 Å². The molecule has 0 bridgehead atoms. The minimum atomic E-state index is -2.91. The van der Waals surface area contributed by atoms with Crippen molar-refractivity contribution in [3.8, 4) is 5.75 Å². The average molecular weight is 296 g/mol. The van der Waals surface area contributed by atoms with Gasteiger partial charge in [-0.15, -0.1) is 0 Å². The predicted octanol–water partition coefficient (Wildman–Crippen LogP) is 2.55. The number of nitrogens with zero attached hydrogens (tertiary/aromatic N) is 2. The summed E-state index contributed by atoms with van der Waals surface area (Å²) in [5.74, 6) is 0.997. The van der Waals surface area contributed by atoms with Crippen molar-refractivity contribution in [2.45, 2.75) is 13.2 Å². The van der Waals surface area contributed by atoms with Crippen LogP contribution in [0.4, 0.5) is 26.1 Å². The van der Waals surface area contributed by atoms with E-state index in [1.54, 1.807) is 18.2 Å². The van der Waals surface area contributed by atoms with E-state index in [0.717, 1.165) is 0 Å². The maximum Gasteiger partial charge on any atom is 0.387 e. The standard InChI is InChI=1S/C13H14F2N4O2/c1-20-7-12-18-10(16)6-11(19-12)17-8-4-2-3-5-9(8)21-13(14)15/h2-6,13H,7H2,1H3,(H3,16,17,18,19). The molecule has 0 spiro atoms. The minimum Gasteiger partial charge on any atom is -0.433 e. The Labute approximate surface area is 119 Å². The largest absolute Gasteiger partial charge is 0.433 e. The molecule has 0 radical (unpaired) electrons. The molecule has 0 fully saturated rings. The third kappa shape index (κ3) is 4.25. The summed E-state index contributed by atoms with van der Waals surface area (Å²) < 4.78 is 34.1. The third-order valence-electron chi connectivity index (χ3n) is 2.43. The molecule has 2 rings (SSSR count). The molecule has 0 saturated carbocycles. The number of hydrogen-bond donors (Lipinski definition) is 2. The second-order valence-electron chi connectivity index (χ2n) is 4.03. The number of anilines is 3. The number of hydrogen-bond acceptors (Lipinski definition) is 6. The third-order valence-corrected chi connectivity index (χ3v) is 2.43. The molecule has 0 aliphatic rings. The number of benzene rings is 1. The normalized spacial score (nSPS) is 10.7. The quantitative estimate of drug-likeness (QED) is 0.852. The van der Waals surface area contributed by atoms with Crippen LogP contribution in [-0.4, -0.2) is 23.7 Å². The Morgan fingerprint density at radius 1 is 1.29 bits per heavy atom. The molecule has 0 saturated heterocycles. The molecular weight excluding hydrogens is 282 g/mol. The predicted molar refractivity (Wildman–Crippen MR) is 73.5 cm³/mol. The molecule has 8 heteroatoms. The molecule has 0 aliphatic heterocycles. The molecule has 3 N–H and O–H groups in total. The van der Waals surface area contributed by atoms with E-state index in [0.29, 0.717) is 17.3 Å². The van der Waals surface area contributed by atoms with E-state index in [9.17, 15) is 8.78 Å². The fourth-order valence-electron chi connectivity index (χ4n) is 1.68. The number of alkyl halides is 2. The zero-order valence-corrected chi connectivity index (χ0v) is 11.2. The highest BCUT2D eigenvalue weighted by molar-refractivity contribution is 5.65. The van der Waals surface area contributed by atoms with Crippen LogP contribution in [0.5, 0.6) is 5.75 Å². The van der Waals surface area contributed by atoms with Gasteiger partial charge in [0.1, 0.15) is 24.0 Å². The van der Waals surface area contributed by atoms with Gasteiger partial charge in [-0.2, -0.15) is 8.78 Å². The number of para-hydroxylation sites is 2. The van der Waals surface area contributed by atoms with Gasteiger partial charge in [0.2, 0.25) is 0 Å². The lowest BCUT2D eigenvalue weighted by molar-refractivity contribution is -0.0493. The molecule has 0 unspecified atom stereocenters. The van der Waals surface area contributed by atoms with E-state index in [-0.39, 0.29) is 18.2 Å². The number of ether oxygens (including phenoxy) is 2. The summed E-state index contributed by atoms with van der Waals surface area (Å²) in [5.41, 5.74) is 6.01. The smallest absolute Gasteiger partial charge is 0.387 e. The Morgan fingerprint density at radius 3 is 2.76 bits per heavy atom. The number of halogens is 2. The van der Waals surface area contributed by atoms with Crippen molar-refractivity contribution in [3.63, 3.8) is 0 Å². The van der Waals surface area contributed by atoms with E-state index in [1.807, 2.05) is 0 Å². The molecule has 21 heavy (non-hydrogen) atoms. The number of nitrogens with two attached hydrogens (primary N) is 1. The molecule has 0 aliphatic carbocycles. The molecular formula is C13H14F2N4O2. The van der Waals surface area contributed by atoms with Crippen LogP contribution in [0.2, 0.25) is 0 Å². The van der Waals surface area contributed by atoms with Gasteiger partial charge >= 0.3 is 6.61 Å². The summed E-state index contributed by atoms with van der Waals surface area (Å²) in [4.78, 5) is 8.16. The van der Waals surface area contributed by atoms with E-state index in [1.165, 1.54) is 19.2 Å². The second-order valence-corrected chi connectivity index (χ2v) is 4.03. The number of nitrogens with one attached hydrogen (secondary N) is 1. The number of rotatable bonds is 6. The average Bonchev–Trinajstić information content (AvgIpc) is 2.40. The van der Waals surface area contributed by atoms with Gasteiger partial charge in [0.25, 0.3) is 0 Å². The lowest BCUT2D eigenvalue weighted by Crippen LogP contribution is -2.07. The van der Waals surface area contributed by atoms with Gasteiger partial charge in [-0.05, 0) is 12.1 Å². The van der Waals surface area contributed by atoms with E-state index >= 15 is 0 Å². The highest BCUT2D eigenvalue weighted by atomic mass is 19.3. The van der Waals surface area contributed by atoms with Crippen molar-refractivity contribution < 1.29 is 18.3 Å². The van der Waals surface area contributed by atoms with Crippen molar-refractivity contribution in [1.82, 2.24) is 9.97 Å². The highest BCUT2D eigenvalue weighted by Crippen LogP contribution is 2.28. The SMILES string of the molecule is COCc1nc(N)cc(Nc2ccccc2OC(F)F)n1. The van der Waals surface area contributed by atoms with Crippen molar-refractivity contribution >= 4 is 17.3 Å². The van der Waals surface area contributed by atoms with Gasteiger partial charge in [-0.25, -0.2) is 9.97 Å².